The normalized spacial score (nSPS) is 18.1. The van der Waals surface area contributed by atoms with Crippen LogP contribution in [0, 0.1) is 0 Å². The lowest BCUT2D eigenvalue weighted by Gasteiger charge is -2.34. The minimum Gasteiger partial charge on any atom is -0.444 e. The molecule has 2 aromatic rings. The summed E-state index contributed by atoms with van der Waals surface area (Å²) in [6.07, 6.45) is 9.42. The number of carbonyl (C=O) groups excluding carboxylic acids is 2. The number of carbonyl (C=O) groups is 2. The van der Waals surface area contributed by atoms with Crippen molar-refractivity contribution in [3.8, 4) is 0 Å². The molecule has 2 fully saturated rings. The maximum absolute atomic E-state index is 13.2. The molecule has 0 bridgehead atoms. The van der Waals surface area contributed by atoms with Gasteiger partial charge in [-0.1, -0.05) is 33.1 Å². The number of hydrogen-bond acceptors (Lipinski definition) is 4. The molecule has 0 N–H and O–H groups in total. The van der Waals surface area contributed by atoms with Gasteiger partial charge in [-0.25, -0.2) is 4.79 Å². The Bertz CT molecular complexity index is 1340. The molecule has 1 aromatic heterocycles. The van der Waals surface area contributed by atoms with Gasteiger partial charge in [-0.3, -0.25) is 9.78 Å². The van der Waals surface area contributed by atoms with Crippen LogP contribution < -0.4 is 0 Å². The van der Waals surface area contributed by atoms with Crippen LogP contribution in [0.2, 0.25) is 5.02 Å². The highest BCUT2D eigenvalue weighted by Crippen LogP contribution is 2.40. The van der Waals surface area contributed by atoms with Crippen LogP contribution in [-0.4, -0.2) is 58.6 Å². The van der Waals surface area contributed by atoms with E-state index in [0.717, 1.165) is 70.4 Å². The van der Waals surface area contributed by atoms with Crippen molar-refractivity contribution in [1.29, 1.82) is 0 Å². The first kappa shape index (κ1) is 29.6. The minimum atomic E-state index is -0.504. The Morgan fingerprint density at radius 2 is 1.68 bits per heavy atom. The summed E-state index contributed by atoms with van der Waals surface area (Å²) in [5, 5.41) is 0.756. The van der Waals surface area contributed by atoms with Crippen molar-refractivity contribution in [3.63, 3.8) is 0 Å². The summed E-state index contributed by atoms with van der Waals surface area (Å²) in [6, 6.07) is 4.06. The molecule has 9 heteroatoms. The van der Waals surface area contributed by atoms with Crippen molar-refractivity contribution in [2.24, 2.45) is 0 Å². The molecule has 2 aliphatic heterocycles. The summed E-state index contributed by atoms with van der Waals surface area (Å²) < 4.78 is 7.60. The number of nitrogens with zero attached hydrogens (tertiary/aromatic N) is 3. The number of piperidine rings is 2. The lowest BCUT2D eigenvalue weighted by atomic mass is 9.85. The highest BCUT2D eigenvalue weighted by Gasteiger charge is 2.30. The second kappa shape index (κ2) is 12.1. The Hall–Kier alpha value is -1.90. The summed E-state index contributed by atoms with van der Waals surface area (Å²) in [5.41, 5.74) is 7.01. The fraction of sp³-hybridized carbons (Fsp3) is 0.516. The third-order valence-corrected chi connectivity index (χ3v) is 9.66. The first-order valence-electron chi connectivity index (χ1n) is 14.1. The predicted molar refractivity (Wildman–Crippen MR) is 165 cm³/mol. The Morgan fingerprint density at radius 3 is 2.35 bits per heavy atom. The summed E-state index contributed by atoms with van der Waals surface area (Å²) in [5.74, 6) is 0.470. The molecule has 2 amide bonds. The van der Waals surface area contributed by atoms with E-state index in [-0.39, 0.29) is 12.0 Å². The standard InChI is InChI=1S/C31H36Br2ClN3O3/c1-31(2,3)40-30(39)37-10-6-19(7-11-37)14-28(38)36-12-8-20(9-13-36)29-23-5-4-21-15-22(34)16-25(32)24(21)17-27(23)35-18-26(29)33/h14-16,18,20H,4-13,17H2,1-3H3. The lowest BCUT2D eigenvalue weighted by Crippen LogP contribution is -2.41. The second-order valence-electron chi connectivity index (χ2n) is 12.0. The number of aromatic nitrogens is 1. The second-order valence-corrected chi connectivity index (χ2v) is 14.2. The summed E-state index contributed by atoms with van der Waals surface area (Å²) in [6.45, 7) is 8.28. The highest BCUT2D eigenvalue weighted by molar-refractivity contribution is 9.10. The van der Waals surface area contributed by atoms with E-state index in [1.807, 2.05) is 37.9 Å². The number of halogens is 3. The number of fused-ring (bicyclic) bond motifs is 2. The third-order valence-electron chi connectivity index (χ3n) is 8.11. The predicted octanol–water partition coefficient (Wildman–Crippen LogP) is 7.61. The largest absolute Gasteiger partial charge is 0.444 e. The van der Waals surface area contributed by atoms with Crippen molar-refractivity contribution in [2.45, 2.75) is 77.2 Å². The van der Waals surface area contributed by atoms with E-state index >= 15 is 0 Å². The van der Waals surface area contributed by atoms with Gasteiger partial charge in [-0.15, -0.1) is 0 Å². The summed E-state index contributed by atoms with van der Waals surface area (Å²) >= 11 is 13.9. The maximum atomic E-state index is 13.2. The van der Waals surface area contributed by atoms with E-state index in [9.17, 15) is 9.59 Å². The smallest absolute Gasteiger partial charge is 0.410 e. The van der Waals surface area contributed by atoms with E-state index in [1.165, 1.54) is 22.3 Å². The van der Waals surface area contributed by atoms with Gasteiger partial charge >= 0.3 is 6.09 Å². The van der Waals surface area contributed by atoms with Crippen LogP contribution in [0.3, 0.4) is 0 Å². The molecule has 3 heterocycles. The molecule has 0 atom stereocenters. The molecule has 1 aromatic carbocycles. The lowest BCUT2D eigenvalue weighted by molar-refractivity contribution is -0.127. The highest BCUT2D eigenvalue weighted by atomic mass is 79.9. The Kier molecular flexibility index (Phi) is 8.98. The number of ether oxygens (including phenoxy) is 1. The molecule has 2 saturated heterocycles. The average molecular weight is 694 g/mol. The van der Waals surface area contributed by atoms with Gasteiger partial charge in [0.2, 0.25) is 5.91 Å². The van der Waals surface area contributed by atoms with Gasteiger partial charge < -0.3 is 14.5 Å². The van der Waals surface area contributed by atoms with Crippen molar-refractivity contribution < 1.29 is 14.3 Å². The van der Waals surface area contributed by atoms with Gasteiger partial charge in [-0.05, 0) is 116 Å². The quantitative estimate of drug-likeness (QED) is 0.304. The minimum absolute atomic E-state index is 0.0870. The zero-order chi connectivity index (χ0) is 28.6. The van der Waals surface area contributed by atoms with Crippen LogP contribution in [0.25, 0.3) is 0 Å². The Balaban J connectivity index is 1.21. The fourth-order valence-corrected chi connectivity index (χ4v) is 7.74. The van der Waals surface area contributed by atoms with Crippen molar-refractivity contribution >= 4 is 55.5 Å². The topological polar surface area (TPSA) is 62.7 Å². The van der Waals surface area contributed by atoms with Crippen molar-refractivity contribution in [2.75, 3.05) is 26.2 Å². The molecule has 0 radical (unpaired) electrons. The van der Waals surface area contributed by atoms with Crippen LogP contribution in [0.4, 0.5) is 4.79 Å². The third kappa shape index (κ3) is 6.76. The zero-order valence-electron chi connectivity index (χ0n) is 23.4. The van der Waals surface area contributed by atoms with Crippen molar-refractivity contribution in [1.82, 2.24) is 14.8 Å². The van der Waals surface area contributed by atoms with E-state index in [2.05, 4.69) is 37.9 Å². The average Bonchev–Trinajstić information content (AvgIpc) is 3.08. The van der Waals surface area contributed by atoms with Gasteiger partial charge in [0.1, 0.15) is 5.60 Å². The number of pyridine rings is 1. The number of aryl methyl sites for hydroxylation is 1. The molecule has 3 aliphatic rings. The number of hydrogen-bond donors (Lipinski definition) is 0. The molecule has 0 saturated carbocycles. The molecule has 214 valence electrons. The molecule has 0 unspecified atom stereocenters. The number of rotatable bonds is 2. The molecule has 6 nitrogen and oxygen atoms in total. The van der Waals surface area contributed by atoms with Crippen LogP contribution in [-0.2, 0) is 28.8 Å². The molecule has 0 spiro atoms. The molecule has 5 rings (SSSR count). The first-order chi connectivity index (χ1) is 19.0. The van der Waals surface area contributed by atoms with Crippen molar-refractivity contribution in [3.05, 3.63) is 71.9 Å². The molecular formula is C31H36Br2ClN3O3. The Morgan fingerprint density at radius 1 is 0.975 bits per heavy atom. The van der Waals surface area contributed by atoms with Gasteiger partial charge in [0.25, 0.3) is 0 Å². The summed E-state index contributed by atoms with van der Waals surface area (Å²) in [4.78, 5) is 34.1. The van der Waals surface area contributed by atoms with Gasteiger partial charge in [0, 0.05) is 64.5 Å². The van der Waals surface area contributed by atoms with Gasteiger partial charge in [-0.2, -0.15) is 0 Å². The maximum Gasteiger partial charge on any atom is 0.410 e. The Labute approximate surface area is 258 Å². The van der Waals surface area contributed by atoms with E-state index in [4.69, 9.17) is 21.3 Å². The number of benzene rings is 1. The van der Waals surface area contributed by atoms with Gasteiger partial charge in [0.05, 0.1) is 0 Å². The van der Waals surface area contributed by atoms with Crippen LogP contribution in [0.5, 0.6) is 0 Å². The first-order valence-corrected chi connectivity index (χ1v) is 16.0. The fourth-order valence-electron chi connectivity index (χ4n) is 6.06. The zero-order valence-corrected chi connectivity index (χ0v) is 27.3. The number of amides is 2. The van der Waals surface area contributed by atoms with Crippen LogP contribution >= 0.6 is 43.5 Å². The molecular weight excluding hydrogens is 658 g/mol. The molecule has 40 heavy (non-hydrogen) atoms. The van der Waals surface area contributed by atoms with Crippen LogP contribution in [0.15, 0.2) is 38.9 Å². The molecule has 1 aliphatic carbocycles. The van der Waals surface area contributed by atoms with E-state index in [1.54, 1.807) is 11.0 Å². The monoisotopic (exact) mass is 691 g/mol. The van der Waals surface area contributed by atoms with E-state index in [0.29, 0.717) is 31.8 Å². The SMILES string of the molecule is CC(C)(C)OC(=O)N1CCC(=CC(=O)N2CCC(c3c(Br)cnc4c3CCc3cc(Cl)cc(Br)c3C4)CC2)CC1. The van der Waals surface area contributed by atoms with Gasteiger partial charge in [0.15, 0.2) is 0 Å². The van der Waals surface area contributed by atoms with E-state index < -0.39 is 5.60 Å². The number of likely N-dealkylation sites (tertiary alicyclic amines) is 2. The van der Waals surface area contributed by atoms with Crippen LogP contribution in [0.1, 0.15) is 80.3 Å². The summed E-state index contributed by atoms with van der Waals surface area (Å²) in [7, 11) is 0.